The average Bonchev–Trinajstić information content (AvgIpc) is 2.87. The number of nitrogens with zero attached hydrogens (tertiary/aromatic N) is 2. The average molecular weight is 330 g/mol. The summed E-state index contributed by atoms with van der Waals surface area (Å²) in [7, 11) is 0. The van der Waals surface area contributed by atoms with E-state index in [1.807, 2.05) is 13.0 Å². The Hall–Kier alpha value is -1.21. The van der Waals surface area contributed by atoms with Gasteiger partial charge in [0, 0.05) is 13.0 Å². The van der Waals surface area contributed by atoms with E-state index in [4.69, 9.17) is 4.52 Å². The van der Waals surface area contributed by atoms with Crippen molar-refractivity contribution in [3.63, 3.8) is 0 Å². The molecule has 7 heteroatoms. The molecule has 0 aliphatic carbocycles. The highest BCUT2D eigenvalue weighted by atomic mass is 79.9. The normalized spacial score (nSPS) is 10.6. The lowest BCUT2D eigenvalue weighted by atomic mass is 10.3. The van der Waals surface area contributed by atoms with E-state index in [-0.39, 0.29) is 5.91 Å². The lowest BCUT2D eigenvalue weighted by Gasteiger charge is -2.00. The fourth-order valence-corrected chi connectivity index (χ4v) is 2.83. The van der Waals surface area contributed by atoms with Crippen molar-refractivity contribution >= 4 is 33.2 Å². The van der Waals surface area contributed by atoms with E-state index >= 15 is 0 Å². The van der Waals surface area contributed by atoms with Crippen molar-refractivity contribution in [3.05, 3.63) is 32.0 Å². The Bertz CT molecular complexity index is 545. The fourth-order valence-electron chi connectivity index (χ4n) is 1.38. The second-order valence-corrected chi connectivity index (χ2v) is 6.18. The highest BCUT2D eigenvalue weighted by molar-refractivity contribution is 9.11. The fraction of sp³-hybridized carbons (Fsp3) is 0.364. The summed E-state index contributed by atoms with van der Waals surface area (Å²) < 4.78 is 5.94. The summed E-state index contributed by atoms with van der Waals surface area (Å²) >= 11 is 4.82. The predicted octanol–water partition coefficient (Wildman–Crippen LogP) is 2.48. The maximum absolute atomic E-state index is 11.8. The van der Waals surface area contributed by atoms with Crippen molar-refractivity contribution in [2.45, 2.75) is 20.3 Å². The first-order valence-corrected chi connectivity index (χ1v) is 7.00. The van der Waals surface area contributed by atoms with Gasteiger partial charge >= 0.3 is 0 Å². The summed E-state index contributed by atoms with van der Waals surface area (Å²) in [5, 5.41) is 6.50. The minimum atomic E-state index is -0.0787. The van der Waals surface area contributed by atoms with E-state index < -0.39 is 0 Å². The zero-order chi connectivity index (χ0) is 13.1. The Labute approximate surface area is 117 Å². The van der Waals surface area contributed by atoms with Crippen LogP contribution in [0.15, 0.2) is 14.4 Å². The van der Waals surface area contributed by atoms with Crippen LogP contribution in [0.3, 0.4) is 0 Å². The highest BCUT2D eigenvalue weighted by Crippen LogP contribution is 2.27. The molecule has 2 aromatic rings. The Morgan fingerprint density at radius 3 is 2.89 bits per heavy atom. The standard InChI is InChI=1S/C11H12BrN3O2S/c1-6-5-8(18-10(6)12)11(16)13-4-3-9-14-7(2)15-17-9/h5H,3-4H2,1-2H3,(H,13,16). The molecule has 18 heavy (non-hydrogen) atoms. The molecule has 0 bridgehead atoms. The van der Waals surface area contributed by atoms with Gasteiger partial charge in [0.1, 0.15) is 0 Å². The number of halogens is 1. The number of carbonyl (C=O) groups excluding carboxylic acids is 1. The van der Waals surface area contributed by atoms with Crippen LogP contribution in [0.1, 0.15) is 27.0 Å². The van der Waals surface area contributed by atoms with E-state index in [2.05, 4.69) is 31.4 Å². The largest absolute Gasteiger partial charge is 0.351 e. The molecule has 0 fully saturated rings. The molecular weight excluding hydrogens is 318 g/mol. The lowest BCUT2D eigenvalue weighted by molar-refractivity contribution is 0.0957. The minimum absolute atomic E-state index is 0.0787. The Balaban J connectivity index is 1.85. The molecule has 0 aromatic carbocycles. The zero-order valence-electron chi connectivity index (χ0n) is 9.99. The smallest absolute Gasteiger partial charge is 0.261 e. The molecule has 0 aliphatic heterocycles. The Morgan fingerprint density at radius 2 is 2.33 bits per heavy atom. The van der Waals surface area contributed by atoms with Gasteiger partial charge in [0.15, 0.2) is 5.82 Å². The summed E-state index contributed by atoms with van der Waals surface area (Å²) in [5.74, 6) is 1.07. The van der Waals surface area contributed by atoms with Gasteiger partial charge in [-0.15, -0.1) is 11.3 Å². The van der Waals surface area contributed by atoms with Crippen molar-refractivity contribution in [3.8, 4) is 0 Å². The van der Waals surface area contributed by atoms with Crippen LogP contribution in [-0.2, 0) is 6.42 Å². The molecule has 5 nitrogen and oxygen atoms in total. The van der Waals surface area contributed by atoms with Gasteiger partial charge in [0.05, 0.1) is 8.66 Å². The van der Waals surface area contributed by atoms with Gasteiger partial charge < -0.3 is 9.84 Å². The van der Waals surface area contributed by atoms with Gasteiger partial charge in [-0.3, -0.25) is 4.79 Å². The number of nitrogens with one attached hydrogen (secondary N) is 1. The number of rotatable bonds is 4. The zero-order valence-corrected chi connectivity index (χ0v) is 12.4. The molecular formula is C11H12BrN3O2S. The molecule has 96 valence electrons. The van der Waals surface area contributed by atoms with Crippen LogP contribution in [-0.4, -0.2) is 22.6 Å². The topological polar surface area (TPSA) is 68.0 Å². The first kappa shape index (κ1) is 13.2. The number of hydrogen-bond acceptors (Lipinski definition) is 5. The van der Waals surface area contributed by atoms with E-state index in [1.54, 1.807) is 6.92 Å². The van der Waals surface area contributed by atoms with Crippen LogP contribution in [0.2, 0.25) is 0 Å². The van der Waals surface area contributed by atoms with Crippen molar-refractivity contribution in [2.24, 2.45) is 0 Å². The summed E-state index contributed by atoms with van der Waals surface area (Å²) in [5.41, 5.74) is 1.07. The number of carbonyl (C=O) groups is 1. The minimum Gasteiger partial charge on any atom is -0.351 e. The van der Waals surface area contributed by atoms with E-state index in [9.17, 15) is 4.79 Å². The summed E-state index contributed by atoms with van der Waals surface area (Å²) in [6, 6.07) is 1.86. The van der Waals surface area contributed by atoms with E-state index in [0.29, 0.717) is 29.6 Å². The molecule has 1 amide bonds. The van der Waals surface area contributed by atoms with Crippen LogP contribution >= 0.6 is 27.3 Å². The first-order valence-electron chi connectivity index (χ1n) is 5.39. The van der Waals surface area contributed by atoms with Gasteiger partial charge in [-0.05, 0) is 41.4 Å². The molecule has 0 saturated heterocycles. The van der Waals surface area contributed by atoms with Crippen LogP contribution in [0, 0.1) is 13.8 Å². The van der Waals surface area contributed by atoms with Gasteiger partial charge in [-0.1, -0.05) is 5.16 Å². The number of thiophene rings is 1. The summed E-state index contributed by atoms with van der Waals surface area (Å²) in [6.45, 7) is 4.20. The molecule has 0 radical (unpaired) electrons. The molecule has 2 heterocycles. The molecule has 0 aliphatic rings. The SMILES string of the molecule is Cc1noc(CCNC(=O)c2cc(C)c(Br)s2)n1. The van der Waals surface area contributed by atoms with Crippen LogP contribution in [0.4, 0.5) is 0 Å². The van der Waals surface area contributed by atoms with Gasteiger partial charge in [0.2, 0.25) is 5.89 Å². The van der Waals surface area contributed by atoms with Crippen LogP contribution < -0.4 is 5.32 Å². The van der Waals surface area contributed by atoms with Crippen LogP contribution in [0.25, 0.3) is 0 Å². The second kappa shape index (κ2) is 5.62. The quantitative estimate of drug-likeness (QED) is 0.935. The second-order valence-electron chi connectivity index (χ2n) is 3.81. The maximum atomic E-state index is 11.8. The third kappa shape index (κ3) is 3.17. The van der Waals surface area contributed by atoms with Crippen molar-refractivity contribution in [2.75, 3.05) is 6.54 Å². The van der Waals surface area contributed by atoms with E-state index in [0.717, 1.165) is 9.35 Å². The molecule has 1 N–H and O–H groups in total. The van der Waals surface area contributed by atoms with Gasteiger partial charge in [-0.25, -0.2) is 0 Å². The first-order chi connectivity index (χ1) is 8.56. The lowest BCUT2D eigenvalue weighted by Crippen LogP contribution is -2.24. The molecule has 0 atom stereocenters. The van der Waals surface area contributed by atoms with Crippen molar-refractivity contribution in [1.29, 1.82) is 0 Å². The number of amides is 1. The van der Waals surface area contributed by atoms with Crippen molar-refractivity contribution in [1.82, 2.24) is 15.5 Å². The Morgan fingerprint density at radius 1 is 1.56 bits per heavy atom. The Kier molecular flexibility index (Phi) is 4.13. The maximum Gasteiger partial charge on any atom is 0.261 e. The summed E-state index contributed by atoms with van der Waals surface area (Å²) in [4.78, 5) is 16.6. The third-order valence-electron chi connectivity index (χ3n) is 2.28. The molecule has 2 aromatic heterocycles. The molecule has 0 unspecified atom stereocenters. The number of hydrogen-bond donors (Lipinski definition) is 1. The predicted molar refractivity (Wildman–Crippen MR) is 71.8 cm³/mol. The monoisotopic (exact) mass is 329 g/mol. The van der Waals surface area contributed by atoms with Gasteiger partial charge in [-0.2, -0.15) is 4.98 Å². The van der Waals surface area contributed by atoms with Gasteiger partial charge in [0.25, 0.3) is 5.91 Å². The van der Waals surface area contributed by atoms with E-state index in [1.165, 1.54) is 11.3 Å². The van der Waals surface area contributed by atoms with Crippen molar-refractivity contribution < 1.29 is 9.32 Å². The van der Waals surface area contributed by atoms with Crippen LogP contribution in [0.5, 0.6) is 0 Å². The number of aryl methyl sites for hydroxylation is 2. The molecule has 0 saturated carbocycles. The summed E-state index contributed by atoms with van der Waals surface area (Å²) in [6.07, 6.45) is 0.540. The molecule has 0 spiro atoms. The number of aromatic nitrogens is 2. The third-order valence-corrected chi connectivity index (χ3v) is 4.41. The molecule has 2 rings (SSSR count). The highest BCUT2D eigenvalue weighted by Gasteiger charge is 2.11.